The molecule has 6 heterocycles. The van der Waals surface area contributed by atoms with Crippen LogP contribution < -0.4 is 9.47 Å². The monoisotopic (exact) mass is 377 g/mol. The van der Waals surface area contributed by atoms with Gasteiger partial charge in [-0.25, -0.2) is 0 Å². The number of amides is 1. The van der Waals surface area contributed by atoms with Gasteiger partial charge in [-0.3, -0.25) is 14.7 Å². The molecule has 144 valence electrons. The molecule has 3 atom stereocenters. The Morgan fingerprint density at radius 2 is 1.93 bits per heavy atom. The fraction of sp³-hybridized carbons (Fsp3) is 0.455. The van der Waals surface area contributed by atoms with Crippen molar-refractivity contribution in [3.8, 4) is 11.5 Å². The third-order valence-corrected chi connectivity index (χ3v) is 6.99. The number of piperidine rings is 3. The minimum absolute atomic E-state index is 0.111. The van der Waals surface area contributed by atoms with Gasteiger partial charge in [0.2, 0.25) is 6.79 Å². The number of carbonyl (C=O) groups is 1. The number of nitrogens with zero attached hydrogens (tertiary/aromatic N) is 3. The number of hydrogen-bond donors (Lipinski definition) is 0. The van der Waals surface area contributed by atoms with Crippen molar-refractivity contribution in [2.75, 3.05) is 26.4 Å². The first kappa shape index (κ1) is 16.4. The number of benzene rings is 1. The van der Waals surface area contributed by atoms with Gasteiger partial charge in [0.1, 0.15) is 0 Å². The van der Waals surface area contributed by atoms with E-state index in [0.717, 1.165) is 31.1 Å². The molecule has 1 aromatic heterocycles. The van der Waals surface area contributed by atoms with Crippen LogP contribution in [-0.4, -0.2) is 59.2 Å². The Balaban J connectivity index is 1.39. The third kappa shape index (κ3) is 2.37. The molecule has 28 heavy (non-hydrogen) atoms. The molecular weight excluding hydrogens is 354 g/mol. The van der Waals surface area contributed by atoms with E-state index in [-0.39, 0.29) is 18.7 Å². The number of carbonyl (C=O) groups excluding carboxylic acids is 1. The molecular formula is C22H23N3O3. The molecule has 6 heteroatoms. The van der Waals surface area contributed by atoms with Crippen LogP contribution in [0.25, 0.3) is 0 Å². The van der Waals surface area contributed by atoms with E-state index in [1.165, 1.54) is 18.4 Å². The third-order valence-electron chi connectivity index (χ3n) is 6.99. The minimum Gasteiger partial charge on any atom is -0.454 e. The molecule has 7 rings (SSSR count). The van der Waals surface area contributed by atoms with Gasteiger partial charge in [0.05, 0.1) is 11.6 Å². The summed E-state index contributed by atoms with van der Waals surface area (Å²) in [5, 5.41) is 0. The quantitative estimate of drug-likeness (QED) is 0.805. The van der Waals surface area contributed by atoms with Crippen molar-refractivity contribution in [1.29, 1.82) is 0 Å². The smallest absolute Gasteiger partial charge is 0.255 e. The topological polar surface area (TPSA) is 54.9 Å². The van der Waals surface area contributed by atoms with Crippen LogP contribution in [0.15, 0.2) is 42.7 Å². The summed E-state index contributed by atoms with van der Waals surface area (Å²) in [7, 11) is 0. The maximum Gasteiger partial charge on any atom is 0.255 e. The van der Waals surface area contributed by atoms with Crippen LogP contribution in [0.5, 0.6) is 11.5 Å². The number of fused-ring (bicyclic) bond motifs is 3. The van der Waals surface area contributed by atoms with E-state index in [9.17, 15) is 4.79 Å². The molecule has 1 aromatic carbocycles. The summed E-state index contributed by atoms with van der Waals surface area (Å²) in [6.07, 6.45) is 5.78. The van der Waals surface area contributed by atoms with Crippen molar-refractivity contribution in [2.45, 2.75) is 30.8 Å². The van der Waals surface area contributed by atoms with Crippen LogP contribution in [0.4, 0.5) is 0 Å². The molecule has 5 aliphatic rings. The average molecular weight is 377 g/mol. The number of ether oxygens (including phenoxy) is 2. The second-order valence-corrected chi connectivity index (χ2v) is 8.27. The highest BCUT2D eigenvalue weighted by Gasteiger charge is 2.54. The van der Waals surface area contributed by atoms with Gasteiger partial charge in [0, 0.05) is 30.9 Å². The summed E-state index contributed by atoms with van der Waals surface area (Å²) in [6.45, 7) is 3.31. The molecule has 1 amide bonds. The summed E-state index contributed by atoms with van der Waals surface area (Å²) in [5.74, 6) is 2.63. The van der Waals surface area contributed by atoms with Crippen molar-refractivity contribution >= 4 is 5.91 Å². The molecule has 0 unspecified atom stereocenters. The van der Waals surface area contributed by atoms with Crippen LogP contribution in [0.2, 0.25) is 0 Å². The fourth-order valence-corrected chi connectivity index (χ4v) is 5.75. The molecule has 4 fully saturated rings. The molecule has 0 radical (unpaired) electrons. The van der Waals surface area contributed by atoms with E-state index >= 15 is 0 Å². The molecule has 2 bridgehead atoms. The number of aromatic nitrogens is 1. The van der Waals surface area contributed by atoms with Crippen molar-refractivity contribution in [1.82, 2.24) is 14.8 Å². The van der Waals surface area contributed by atoms with Crippen LogP contribution >= 0.6 is 0 Å². The summed E-state index contributed by atoms with van der Waals surface area (Å²) >= 11 is 0. The zero-order chi connectivity index (χ0) is 18.7. The second kappa shape index (κ2) is 6.21. The molecule has 2 aromatic rings. The first-order chi connectivity index (χ1) is 13.8. The largest absolute Gasteiger partial charge is 0.454 e. The summed E-state index contributed by atoms with van der Waals surface area (Å²) in [5.41, 5.74) is 1.93. The first-order valence-electron chi connectivity index (χ1n) is 10.1. The Kier molecular flexibility index (Phi) is 3.63. The van der Waals surface area contributed by atoms with Crippen molar-refractivity contribution < 1.29 is 14.3 Å². The number of hydrogen-bond acceptors (Lipinski definition) is 5. The molecule has 6 nitrogen and oxygen atoms in total. The van der Waals surface area contributed by atoms with Crippen LogP contribution in [-0.2, 0) is 0 Å². The number of likely N-dealkylation sites (tertiary alicyclic amines) is 1. The Hall–Kier alpha value is -2.60. The molecule has 4 saturated heterocycles. The van der Waals surface area contributed by atoms with Gasteiger partial charge in [-0.2, -0.15) is 0 Å². The fourth-order valence-electron chi connectivity index (χ4n) is 5.75. The van der Waals surface area contributed by atoms with Crippen LogP contribution in [0, 0.1) is 5.92 Å². The van der Waals surface area contributed by atoms with Crippen molar-refractivity contribution in [2.24, 2.45) is 5.92 Å². The predicted octanol–water partition coefficient (Wildman–Crippen LogP) is 2.51. The molecule has 0 spiro atoms. The zero-order valence-electron chi connectivity index (χ0n) is 15.7. The highest BCUT2D eigenvalue weighted by Crippen LogP contribution is 2.48. The van der Waals surface area contributed by atoms with Crippen molar-refractivity contribution in [3.63, 3.8) is 0 Å². The molecule has 0 N–H and O–H groups in total. The van der Waals surface area contributed by atoms with Gasteiger partial charge in [0.25, 0.3) is 5.91 Å². The van der Waals surface area contributed by atoms with E-state index in [1.807, 2.05) is 18.2 Å². The average Bonchev–Trinajstić information content (AvgIpc) is 3.40. The number of rotatable bonds is 2. The van der Waals surface area contributed by atoms with E-state index in [4.69, 9.17) is 9.47 Å². The van der Waals surface area contributed by atoms with Gasteiger partial charge in [-0.15, -0.1) is 0 Å². The van der Waals surface area contributed by atoms with E-state index in [0.29, 0.717) is 23.4 Å². The molecule has 5 aliphatic heterocycles. The normalized spacial score (nSPS) is 32.4. The lowest BCUT2D eigenvalue weighted by atomic mass is 9.75. The Morgan fingerprint density at radius 3 is 2.75 bits per heavy atom. The number of pyridine rings is 1. The lowest BCUT2D eigenvalue weighted by Gasteiger charge is -2.51. The first-order valence-corrected chi connectivity index (χ1v) is 10.1. The van der Waals surface area contributed by atoms with E-state index < -0.39 is 0 Å². The zero-order valence-corrected chi connectivity index (χ0v) is 15.7. The van der Waals surface area contributed by atoms with Crippen molar-refractivity contribution in [3.05, 3.63) is 53.9 Å². The maximum atomic E-state index is 13.4. The van der Waals surface area contributed by atoms with Crippen LogP contribution in [0.3, 0.4) is 0 Å². The van der Waals surface area contributed by atoms with Crippen LogP contribution in [0.1, 0.15) is 34.7 Å². The summed E-state index contributed by atoms with van der Waals surface area (Å²) < 4.78 is 11.1. The highest BCUT2D eigenvalue weighted by molar-refractivity contribution is 5.94. The van der Waals surface area contributed by atoms with Gasteiger partial charge in [-0.1, -0.05) is 6.07 Å². The van der Waals surface area contributed by atoms with Gasteiger partial charge in [0.15, 0.2) is 11.5 Å². The second-order valence-electron chi connectivity index (χ2n) is 8.27. The van der Waals surface area contributed by atoms with Gasteiger partial charge >= 0.3 is 0 Å². The maximum absolute atomic E-state index is 13.4. The molecule has 0 aliphatic carbocycles. The Bertz CT molecular complexity index is 910. The molecule has 0 saturated carbocycles. The Labute approximate surface area is 164 Å². The highest BCUT2D eigenvalue weighted by atomic mass is 16.7. The van der Waals surface area contributed by atoms with E-state index in [1.54, 1.807) is 12.4 Å². The van der Waals surface area contributed by atoms with E-state index in [2.05, 4.69) is 26.9 Å². The SMILES string of the molecule is O=C(c1cccnc1)N1C[C@H](c2ccc3c(c2)OCO3)[C@@H]2[C@H]1C1CCN2CC1. The standard InChI is InChI=1S/C22H23N3O3/c26-22(16-2-1-7-23-11-16)25-12-17(15-3-4-18-19(10-15)28-13-27-18)21-20(25)14-5-8-24(21)9-6-14/h1-4,7,10-11,14,17,20-21H,5-6,8-9,12-13H2/t17-,20-,21-/m1/s1. The predicted molar refractivity (Wildman–Crippen MR) is 102 cm³/mol. The Morgan fingerprint density at radius 1 is 1.07 bits per heavy atom. The summed E-state index contributed by atoms with van der Waals surface area (Å²) in [6, 6.07) is 10.7. The van der Waals surface area contributed by atoms with Gasteiger partial charge < -0.3 is 14.4 Å². The lowest BCUT2D eigenvalue weighted by molar-refractivity contribution is -0.00342. The lowest BCUT2D eigenvalue weighted by Crippen LogP contribution is -2.60. The van der Waals surface area contributed by atoms with Gasteiger partial charge in [-0.05, 0) is 61.7 Å². The minimum atomic E-state index is 0.111. The summed E-state index contributed by atoms with van der Waals surface area (Å²) in [4.78, 5) is 22.3.